The maximum atomic E-state index is 11.7. The Morgan fingerprint density at radius 2 is 2.14 bits per heavy atom. The number of halogens is 1. The summed E-state index contributed by atoms with van der Waals surface area (Å²) >= 11 is 3.42. The summed E-state index contributed by atoms with van der Waals surface area (Å²) in [7, 11) is 3.24. The van der Waals surface area contributed by atoms with Gasteiger partial charge in [-0.2, -0.15) is 5.10 Å². The number of nitrogens with zero attached hydrogens (tertiary/aromatic N) is 4. The van der Waals surface area contributed by atoms with Gasteiger partial charge in [-0.3, -0.25) is 4.68 Å². The number of aryl methyl sites for hydroxylation is 2. The second kappa shape index (κ2) is 7.23. The second-order valence-corrected chi connectivity index (χ2v) is 7.41. The van der Waals surface area contributed by atoms with E-state index in [0.717, 1.165) is 34.1 Å². The average Bonchev–Trinajstić information content (AvgIpc) is 2.90. The zero-order chi connectivity index (χ0) is 19.8. The molecule has 0 saturated heterocycles. The molecule has 1 aromatic carbocycles. The molecular formula is C19H18BrN5O3. The summed E-state index contributed by atoms with van der Waals surface area (Å²) in [6, 6.07) is 5.61. The van der Waals surface area contributed by atoms with Crippen LogP contribution in [-0.4, -0.2) is 37.9 Å². The van der Waals surface area contributed by atoms with E-state index in [9.17, 15) is 9.90 Å². The number of carboxylic acids is 1. The molecule has 2 N–H and O–H groups in total. The summed E-state index contributed by atoms with van der Waals surface area (Å²) in [4.78, 5) is 20.7. The van der Waals surface area contributed by atoms with Crippen LogP contribution in [0.3, 0.4) is 0 Å². The van der Waals surface area contributed by atoms with E-state index in [0.29, 0.717) is 29.5 Å². The monoisotopic (exact) mass is 443 g/mol. The smallest absolute Gasteiger partial charge is 0.354 e. The Morgan fingerprint density at radius 1 is 1.32 bits per heavy atom. The molecule has 9 heteroatoms. The predicted octanol–water partition coefficient (Wildman–Crippen LogP) is 3.58. The van der Waals surface area contributed by atoms with Crippen molar-refractivity contribution in [3.63, 3.8) is 0 Å². The molecule has 1 aliphatic rings. The van der Waals surface area contributed by atoms with Crippen LogP contribution in [0.1, 0.15) is 28.0 Å². The third-order valence-corrected chi connectivity index (χ3v) is 5.21. The highest BCUT2D eigenvalue weighted by molar-refractivity contribution is 9.10. The fraction of sp³-hybridized carbons (Fsp3) is 0.263. The molecule has 4 rings (SSSR count). The minimum absolute atomic E-state index is 0.213. The maximum absolute atomic E-state index is 11.7. The molecule has 0 radical (unpaired) electrons. The number of fused-ring (bicyclic) bond motifs is 3. The summed E-state index contributed by atoms with van der Waals surface area (Å²) in [6.45, 7) is 0. The number of aromatic carboxylic acids is 1. The van der Waals surface area contributed by atoms with E-state index in [1.165, 1.54) is 4.68 Å². The summed E-state index contributed by atoms with van der Waals surface area (Å²) in [5.74, 6) is 0.0704. The number of hydrogen-bond acceptors (Lipinski definition) is 6. The van der Waals surface area contributed by atoms with Crippen LogP contribution in [0.25, 0.3) is 11.4 Å². The largest absolute Gasteiger partial charge is 0.495 e. The van der Waals surface area contributed by atoms with Crippen LogP contribution < -0.4 is 10.1 Å². The first-order valence-corrected chi connectivity index (χ1v) is 9.53. The van der Waals surface area contributed by atoms with E-state index in [1.807, 2.05) is 18.2 Å². The van der Waals surface area contributed by atoms with Crippen molar-refractivity contribution in [2.75, 3.05) is 12.4 Å². The van der Waals surface area contributed by atoms with E-state index < -0.39 is 5.97 Å². The molecule has 0 saturated carbocycles. The van der Waals surface area contributed by atoms with Gasteiger partial charge in [-0.25, -0.2) is 14.8 Å². The summed E-state index contributed by atoms with van der Waals surface area (Å²) in [5, 5.41) is 17.2. The molecule has 144 valence electrons. The van der Waals surface area contributed by atoms with E-state index in [4.69, 9.17) is 4.74 Å². The van der Waals surface area contributed by atoms with Crippen LogP contribution in [-0.2, 0) is 19.9 Å². The normalized spacial score (nSPS) is 12.7. The van der Waals surface area contributed by atoms with Crippen molar-refractivity contribution in [1.29, 1.82) is 0 Å². The third kappa shape index (κ3) is 3.22. The number of carbonyl (C=O) groups is 1. The van der Waals surface area contributed by atoms with Crippen molar-refractivity contribution < 1.29 is 14.6 Å². The van der Waals surface area contributed by atoms with Crippen molar-refractivity contribution in [2.24, 2.45) is 7.05 Å². The van der Waals surface area contributed by atoms with Crippen LogP contribution in [0.5, 0.6) is 5.75 Å². The highest BCUT2D eigenvalue weighted by Gasteiger charge is 2.27. The van der Waals surface area contributed by atoms with Crippen molar-refractivity contribution in [3.8, 4) is 17.1 Å². The Hall–Kier alpha value is -2.94. The number of rotatable bonds is 4. The quantitative estimate of drug-likeness (QED) is 0.634. The molecule has 0 bridgehead atoms. The minimum atomic E-state index is -0.980. The SMILES string of the molecule is COc1cc(Br)ccc1Nc1ncc2c(n1)-c1nn(C)c(C(=O)O)c1CCC2. The van der Waals surface area contributed by atoms with Crippen LogP contribution in [0.15, 0.2) is 28.9 Å². The van der Waals surface area contributed by atoms with Gasteiger partial charge in [-0.05, 0) is 43.0 Å². The van der Waals surface area contributed by atoms with E-state index in [1.54, 1.807) is 20.4 Å². The lowest BCUT2D eigenvalue weighted by molar-refractivity contribution is 0.0683. The maximum Gasteiger partial charge on any atom is 0.354 e. The molecule has 0 spiro atoms. The molecule has 0 fully saturated rings. The first kappa shape index (κ1) is 18.4. The Bertz CT molecular complexity index is 1080. The van der Waals surface area contributed by atoms with Crippen LogP contribution in [0, 0.1) is 0 Å². The van der Waals surface area contributed by atoms with E-state index >= 15 is 0 Å². The number of methoxy groups -OCH3 is 1. The molecule has 0 amide bonds. The number of anilines is 2. The number of carboxylic acid groups (broad SMARTS) is 1. The van der Waals surface area contributed by atoms with Gasteiger partial charge in [0.05, 0.1) is 18.5 Å². The molecule has 1 aliphatic carbocycles. The lowest BCUT2D eigenvalue weighted by Gasteiger charge is -2.12. The number of nitrogens with one attached hydrogen (secondary N) is 1. The van der Waals surface area contributed by atoms with E-state index in [2.05, 4.69) is 36.3 Å². The highest BCUT2D eigenvalue weighted by atomic mass is 79.9. The molecule has 28 heavy (non-hydrogen) atoms. The molecule has 2 aromatic heterocycles. The minimum Gasteiger partial charge on any atom is -0.495 e. The van der Waals surface area contributed by atoms with Crippen molar-refractivity contribution in [1.82, 2.24) is 19.7 Å². The Balaban J connectivity index is 1.78. The van der Waals surface area contributed by atoms with Crippen molar-refractivity contribution in [3.05, 3.63) is 45.7 Å². The molecule has 8 nitrogen and oxygen atoms in total. The standard InChI is InChI=1S/C19H18BrN5O3/c1-25-17(18(26)27)12-5-3-4-10-9-21-19(23-15(10)16(12)24-25)22-13-7-6-11(20)8-14(13)28-2/h6-9H,3-5H2,1-2H3,(H,26,27)(H,21,22,23). The Morgan fingerprint density at radius 3 is 2.89 bits per heavy atom. The van der Waals surface area contributed by atoms with Crippen LogP contribution >= 0.6 is 15.9 Å². The lowest BCUT2D eigenvalue weighted by Crippen LogP contribution is -2.08. The third-order valence-electron chi connectivity index (χ3n) is 4.72. The van der Waals surface area contributed by atoms with Gasteiger partial charge in [0, 0.05) is 23.3 Å². The Kier molecular flexibility index (Phi) is 4.76. The van der Waals surface area contributed by atoms with Gasteiger partial charge < -0.3 is 15.2 Å². The van der Waals surface area contributed by atoms with Gasteiger partial charge in [0.1, 0.15) is 17.1 Å². The molecule has 2 heterocycles. The highest BCUT2D eigenvalue weighted by Crippen LogP contribution is 2.34. The van der Waals surface area contributed by atoms with Crippen LogP contribution in [0.4, 0.5) is 11.6 Å². The first-order valence-electron chi connectivity index (χ1n) is 8.74. The molecular weight excluding hydrogens is 426 g/mol. The van der Waals surface area contributed by atoms with Gasteiger partial charge in [0.25, 0.3) is 0 Å². The predicted molar refractivity (Wildman–Crippen MR) is 107 cm³/mol. The van der Waals surface area contributed by atoms with Crippen molar-refractivity contribution >= 4 is 33.5 Å². The van der Waals surface area contributed by atoms with Gasteiger partial charge in [-0.1, -0.05) is 15.9 Å². The van der Waals surface area contributed by atoms with Gasteiger partial charge >= 0.3 is 5.97 Å². The summed E-state index contributed by atoms with van der Waals surface area (Å²) < 4.78 is 7.72. The summed E-state index contributed by atoms with van der Waals surface area (Å²) in [5.41, 5.74) is 3.91. The zero-order valence-electron chi connectivity index (χ0n) is 15.4. The topological polar surface area (TPSA) is 102 Å². The molecule has 0 unspecified atom stereocenters. The average molecular weight is 444 g/mol. The fourth-order valence-electron chi connectivity index (χ4n) is 3.46. The van der Waals surface area contributed by atoms with Gasteiger partial charge in [0.15, 0.2) is 0 Å². The number of aromatic nitrogens is 4. The van der Waals surface area contributed by atoms with Crippen molar-refractivity contribution in [2.45, 2.75) is 19.3 Å². The lowest BCUT2D eigenvalue weighted by atomic mass is 10.1. The summed E-state index contributed by atoms with van der Waals surface area (Å²) in [6.07, 6.45) is 4.02. The molecule has 0 aliphatic heterocycles. The molecule has 0 atom stereocenters. The Labute approximate surface area is 169 Å². The zero-order valence-corrected chi connectivity index (χ0v) is 16.9. The van der Waals surface area contributed by atoms with Crippen LogP contribution in [0.2, 0.25) is 0 Å². The fourth-order valence-corrected chi connectivity index (χ4v) is 3.80. The van der Waals surface area contributed by atoms with E-state index in [-0.39, 0.29) is 5.69 Å². The second-order valence-electron chi connectivity index (χ2n) is 6.50. The number of ether oxygens (including phenoxy) is 1. The first-order chi connectivity index (χ1) is 13.5. The number of benzene rings is 1. The molecule has 3 aromatic rings. The van der Waals surface area contributed by atoms with Gasteiger partial charge in [-0.15, -0.1) is 0 Å². The van der Waals surface area contributed by atoms with Gasteiger partial charge in [0.2, 0.25) is 5.95 Å². The number of hydrogen-bond donors (Lipinski definition) is 2.